The zero-order valence-electron chi connectivity index (χ0n) is 13.7. The average Bonchev–Trinajstić information content (AvgIpc) is 2.56. The zero-order valence-corrected chi connectivity index (χ0v) is 15.3. The molecule has 132 valence electrons. The van der Waals surface area contributed by atoms with E-state index >= 15 is 0 Å². The van der Waals surface area contributed by atoms with Crippen molar-refractivity contribution in [3.05, 3.63) is 58.3 Å². The molecule has 1 amide bonds. The van der Waals surface area contributed by atoms with Crippen LogP contribution in [0.5, 0.6) is 5.75 Å². The van der Waals surface area contributed by atoms with E-state index in [1.807, 2.05) is 19.1 Å². The lowest BCUT2D eigenvalue weighted by Crippen LogP contribution is -2.31. The van der Waals surface area contributed by atoms with Crippen LogP contribution in [-0.2, 0) is 14.3 Å². The Morgan fingerprint density at radius 1 is 1.20 bits per heavy atom. The van der Waals surface area contributed by atoms with Crippen molar-refractivity contribution < 1.29 is 23.5 Å². The molecule has 0 aliphatic rings. The minimum absolute atomic E-state index is 0.332. The summed E-state index contributed by atoms with van der Waals surface area (Å²) in [7, 11) is 0. The van der Waals surface area contributed by atoms with Gasteiger partial charge in [0, 0.05) is 4.47 Å². The van der Waals surface area contributed by atoms with Crippen molar-refractivity contribution >= 4 is 33.5 Å². The first kappa shape index (κ1) is 18.9. The fourth-order valence-electron chi connectivity index (χ4n) is 1.91. The molecule has 0 bridgehead atoms. The highest BCUT2D eigenvalue weighted by molar-refractivity contribution is 9.10. The first-order valence-corrected chi connectivity index (χ1v) is 8.29. The van der Waals surface area contributed by atoms with E-state index in [-0.39, 0.29) is 6.61 Å². The number of hydrogen-bond acceptors (Lipinski definition) is 4. The number of amides is 1. The molecule has 0 spiro atoms. The number of nitrogens with one attached hydrogen (secondary N) is 1. The van der Waals surface area contributed by atoms with Gasteiger partial charge in [0.15, 0.2) is 12.7 Å². The Hall–Kier alpha value is -2.41. The number of hydrogen-bond donors (Lipinski definition) is 1. The Morgan fingerprint density at radius 3 is 2.52 bits per heavy atom. The number of rotatable bonds is 6. The molecule has 2 aromatic rings. The topological polar surface area (TPSA) is 64.6 Å². The van der Waals surface area contributed by atoms with Crippen LogP contribution >= 0.6 is 15.9 Å². The molecule has 0 fully saturated rings. The number of carbonyl (C=O) groups excluding carboxylic acids is 2. The summed E-state index contributed by atoms with van der Waals surface area (Å²) < 4.78 is 23.7. The van der Waals surface area contributed by atoms with E-state index in [0.717, 1.165) is 10.0 Å². The van der Waals surface area contributed by atoms with Crippen LogP contribution in [0.2, 0.25) is 0 Å². The lowest BCUT2D eigenvalue weighted by Gasteiger charge is -2.15. The minimum Gasteiger partial charge on any atom is -0.482 e. The summed E-state index contributed by atoms with van der Waals surface area (Å²) in [5, 5.41) is 2.68. The maximum Gasteiger partial charge on any atom is 0.344 e. The highest BCUT2D eigenvalue weighted by Gasteiger charge is 2.19. The molecule has 2 aromatic carbocycles. The average molecular weight is 410 g/mol. The van der Waals surface area contributed by atoms with Crippen molar-refractivity contribution in [3.8, 4) is 5.75 Å². The van der Waals surface area contributed by atoms with E-state index in [4.69, 9.17) is 9.47 Å². The van der Waals surface area contributed by atoms with E-state index < -0.39 is 23.8 Å². The normalized spacial score (nSPS) is 11.5. The van der Waals surface area contributed by atoms with Crippen LogP contribution < -0.4 is 10.1 Å². The molecule has 0 aliphatic heterocycles. The highest BCUT2D eigenvalue weighted by atomic mass is 79.9. The van der Waals surface area contributed by atoms with E-state index in [9.17, 15) is 14.0 Å². The molecular formula is C18H17BrFNO4. The smallest absolute Gasteiger partial charge is 0.344 e. The predicted octanol–water partition coefficient (Wildman–Crippen LogP) is 3.85. The predicted molar refractivity (Wildman–Crippen MR) is 95.0 cm³/mol. The van der Waals surface area contributed by atoms with Crippen LogP contribution in [0, 0.1) is 12.7 Å². The first-order valence-electron chi connectivity index (χ1n) is 7.50. The largest absolute Gasteiger partial charge is 0.482 e. The van der Waals surface area contributed by atoms with E-state index in [0.29, 0.717) is 11.4 Å². The lowest BCUT2D eigenvalue weighted by molar-refractivity contribution is -0.155. The highest BCUT2D eigenvalue weighted by Crippen LogP contribution is 2.23. The number of benzene rings is 2. The Morgan fingerprint density at radius 2 is 1.88 bits per heavy atom. The number of esters is 1. The van der Waals surface area contributed by atoms with Crippen molar-refractivity contribution in [2.75, 3.05) is 11.9 Å². The quantitative estimate of drug-likeness (QED) is 0.735. The van der Waals surface area contributed by atoms with Crippen LogP contribution in [-0.4, -0.2) is 24.6 Å². The molecule has 0 aliphatic carbocycles. The number of aryl methyl sites for hydroxylation is 1. The van der Waals surface area contributed by atoms with Gasteiger partial charge >= 0.3 is 5.97 Å². The summed E-state index contributed by atoms with van der Waals surface area (Å²) in [4.78, 5) is 23.9. The SMILES string of the molecule is Cc1ccc(NC(=O)[C@@H](C)OC(=O)COc2ccc(F)cc2)c(Br)c1. The summed E-state index contributed by atoms with van der Waals surface area (Å²) in [5.74, 6) is -1.23. The summed E-state index contributed by atoms with van der Waals surface area (Å²) in [6.07, 6.45) is -0.988. The standard InChI is InChI=1S/C18H17BrFNO4/c1-11-3-8-16(15(19)9-11)21-18(23)12(2)25-17(22)10-24-14-6-4-13(20)5-7-14/h3-9,12H,10H2,1-2H3,(H,21,23)/t12-/m1/s1. The fourth-order valence-corrected chi connectivity index (χ4v) is 2.51. The second-order valence-electron chi connectivity index (χ2n) is 5.35. The van der Waals surface area contributed by atoms with Crippen LogP contribution in [0.3, 0.4) is 0 Å². The van der Waals surface area contributed by atoms with Crippen molar-refractivity contribution in [1.29, 1.82) is 0 Å². The summed E-state index contributed by atoms with van der Waals surface area (Å²) >= 11 is 3.36. The minimum atomic E-state index is -0.988. The summed E-state index contributed by atoms with van der Waals surface area (Å²) in [5.41, 5.74) is 1.63. The van der Waals surface area contributed by atoms with Crippen LogP contribution in [0.4, 0.5) is 10.1 Å². The third-order valence-electron chi connectivity index (χ3n) is 3.23. The maximum absolute atomic E-state index is 12.8. The molecule has 0 unspecified atom stereocenters. The molecule has 1 N–H and O–H groups in total. The molecule has 0 heterocycles. The molecule has 2 rings (SSSR count). The van der Waals surface area contributed by atoms with E-state index in [1.54, 1.807) is 6.07 Å². The molecule has 1 atom stereocenters. The van der Waals surface area contributed by atoms with Crippen LogP contribution in [0.25, 0.3) is 0 Å². The van der Waals surface area contributed by atoms with Gasteiger partial charge in [-0.2, -0.15) is 0 Å². The van der Waals surface area contributed by atoms with Crippen LogP contribution in [0.15, 0.2) is 46.9 Å². The molecular weight excluding hydrogens is 393 g/mol. The van der Waals surface area contributed by atoms with Gasteiger partial charge in [0.2, 0.25) is 0 Å². The third kappa shape index (κ3) is 5.86. The van der Waals surface area contributed by atoms with Gasteiger partial charge in [0.05, 0.1) is 5.69 Å². The van der Waals surface area contributed by atoms with Gasteiger partial charge in [-0.3, -0.25) is 4.79 Å². The number of ether oxygens (including phenoxy) is 2. The Kier molecular flexibility index (Phi) is 6.52. The molecule has 0 aromatic heterocycles. The van der Waals surface area contributed by atoms with Gasteiger partial charge in [-0.1, -0.05) is 6.07 Å². The molecule has 0 saturated heterocycles. The number of halogens is 2. The molecule has 0 saturated carbocycles. The Balaban J connectivity index is 1.83. The fraction of sp³-hybridized carbons (Fsp3) is 0.222. The number of anilines is 1. The summed E-state index contributed by atoms with van der Waals surface area (Å²) in [6.45, 7) is 3.02. The van der Waals surface area contributed by atoms with Gasteiger partial charge < -0.3 is 14.8 Å². The van der Waals surface area contributed by atoms with Crippen molar-refractivity contribution in [2.45, 2.75) is 20.0 Å². The summed E-state index contributed by atoms with van der Waals surface area (Å²) in [6, 6.07) is 10.7. The zero-order chi connectivity index (χ0) is 18.4. The van der Waals surface area contributed by atoms with Gasteiger partial charge in [-0.25, -0.2) is 9.18 Å². The molecule has 25 heavy (non-hydrogen) atoms. The first-order chi connectivity index (χ1) is 11.8. The van der Waals surface area contributed by atoms with Gasteiger partial charge in [-0.15, -0.1) is 0 Å². The Bertz CT molecular complexity index is 764. The van der Waals surface area contributed by atoms with Crippen molar-refractivity contribution in [3.63, 3.8) is 0 Å². The van der Waals surface area contributed by atoms with E-state index in [2.05, 4.69) is 21.2 Å². The molecule has 5 nitrogen and oxygen atoms in total. The van der Waals surface area contributed by atoms with Crippen molar-refractivity contribution in [1.82, 2.24) is 0 Å². The second-order valence-corrected chi connectivity index (χ2v) is 6.20. The molecule has 0 radical (unpaired) electrons. The van der Waals surface area contributed by atoms with Gasteiger partial charge in [0.1, 0.15) is 11.6 Å². The lowest BCUT2D eigenvalue weighted by atomic mass is 10.2. The van der Waals surface area contributed by atoms with Gasteiger partial charge in [-0.05, 0) is 71.7 Å². The second kappa shape index (κ2) is 8.62. The third-order valence-corrected chi connectivity index (χ3v) is 3.89. The maximum atomic E-state index is 12.8. The van der Waals surface area contributed by atoms with Gasteiger partial charge in [0.25, 0.3) is 5.91 Å². The van der Waals surface area contributed by atoms with E-state index in [1.165, 1.54) is 31.2 Å². The van der Waals surface area contributed by atoms with Crippen molar-refractivity contribution in [2.24, 2.45) is 0 Å². The number of carbonyl (C=O) groups is 2. The van der Waals surface area contributed by atoms with Crippen LogP contribution in [0.1, 0.15) is 12.5 Å². The monoisotopic (exact) mass is 409 g/mol. The molecule has 7 heteroatoms. The Labute approximate surface area is 153 Å².